The molecule has 0 bridgehead atoms. The molecule has 1 unspecified atom stereocenters. The van der Waals surface area contributed by atoms with Gasteiger partial charge in [0.1, 0.15) is 5.82 Å². The molecule has 114 valence electrons. The summed E-state index contributed by atoms with van der Waals surface area (Å²) >= 11 is 0. The van der Waals surface area contributed by atoms with E-state index in [1.165, 1.54) is 0 Å². The summed E-state index contributed by atoms with van der Waals surface area (Å²) in [6.07, 6.45) is -3.01. The Labute approximate surface area is 117 Å². The summed E-state index contributed by atoms with van der Waals surface area (Å²) in [6, 6.07) is 2.22. The van der Waals surface area contributed by atoms with Gasteiger partial charge in [0.25, 0.3) is 0 Å². The number of rotatable bonds is 6. The highest BCUT2D eigenvalue weighted by molar-refractivity contribution is 5.29. The van der Waals surface area contributed by atoms with Gasteiger partial charge >= 0.3 is 6.18 Å². The third kappa shape index (κ3) is 4.78. The molecule has 0 aliphatic carbocycles. The van der Waals surface area contributed by atoms with Crippen molar-refractivity contribution in [2.24, 2.45) is 5.92 Å². The van der Waals surface area contributed by atoms with Crippen molar-refractivity contribution in [2.45, 2.75) is 45.8 Å². The molecule has 1 rings (SSSR count). The van der Waals surface area contributed by atoms with E-state index in [2.05, 4.69) is 5.32 Å². The molecule has 5 heteroatoms. The first-order valence-electron chi connectivity index (χ1n) is 6.85. The van der Waals surface area contributed by atoms with Crippen LogP contribution in [0.25, 0.3) is 0 Å². The van der Waals surface area contributed by atoms with Crippen LogP contribution in [-0.4, -0.2) is 6.54 Å². The molecule has 20 heavy (non-hydrogen) atoms. The summed E-state index contributed by atoms with van der Waals surface area (Å²) in [6.45, 7) is 6.50. The second-order valence-corrected chi connectivity index (χ2v) is 5.32. The van der Waals surface area contributed by atoms with Gasteiger partial charge in [-0.25, -0.2) is 4.39 Å². The standard InChI is InChI=1S/C15H21F4N/c1-4-20-14(8-5-10(2)3)12-9-11(15(17,18)19)6-7-13(12)16/h6-7,9-10,14,20H,4-5,8H2,1-3H3. The van der Waals surface area contributed by atoms with Gasteiger partial charge in [-0.3, -0.25) is 0 Å². The van der Waals surface area contributed by atoms with Gasteiger partial charge in [-0.05, 0) is 43.5 Å². The molecule has 0 radical (unpaired) electrons. The predicted octanol–water partition coefficient (Wildman–Crippen LogP) is 4.93. The highest BCUT2D eigenvalue weighted by Gasteiger charge is 2.32. The normalized spacial score (nSPS) is 13.8. The summed E-state index contributed by atoms with van der Waals surface area (Å²) in [4.78, 5) is 0. The molecule has 0 aliphatic rings. The number of nitrogens with one attached hydrogen (secondary N) is 1. The predicted molar refractivity (Wildman–Crippen MR) is 71.9 cm³/mol. The summed E-state index contributed by atoms with van der Waals surface area (Å²) in [5.74, 6) is -0.169. The van der Waals surface area contributed by atoms with Gasteiger partial charge in [0, 0.05) is 11.6 Å². The molecule has 0 saturated carbocycles. The van der Waals surface area contributed by atoms with Crippen LogP contribution >= 0.6 is 0 Å². The quantitative estimate of drug-likeness (QED) is 0.733. The van der Waals surface area contributed by atoms with E-state index in [1.807, 2.05) is 20.8 Å². The number of benzene rings is 1. The average Bonchev–Trinajstić information content (AvgIpc) is 2.33. The van der Waals surface area contributed by atoms with Crippen molar-refractivity contribution in [3.63, 3.8) is 0 Å². The van der Waals surface area contributed by atoms with E-state index in [4.69, 9.17) is 0 Å². The SMILES string of the molecule is CCNC(CCC(C)C)c1cc(C(F)(F)F)ccc1F. The van der Waals surface area contributed by atoms with Gasteiger partial charge in [0.15, 0.2) is 0 Å². The Hall–Kier alpha value is -1.10. The Kier molecular flexibility index (Phi) is 5.99. The van der Waals surface area contributed by atoms with Crippen LogP contribution in [0.2, 0.25) is 0 Å². The Morgan fingerprint density at radius 3 is 2.30 bits per heavy atom. The number of halogens is 4. The van der Waals surface area contributed by atoms with Gasteiger partial charge in [0.2, 0.25) is 0 Å². The highest BCUT2D eigenvalue weighted by atomic mass is 19.4. The number of hydrogen-bond donors (Lipinski definition) is 1. The molecule has 0 heterocycles. The first-order valence-corrected chi connectivity index (χ1v) is 6.85. The minimum atomic E-state index is -4.45. The van der Waals surface area contributed by atoms with Crippen LogP contribution in [0.15, 0.2) is 18.2 Å². The molecule has 1 aromatic rings. The molecule has 1 aromatic carbocycles. The highest BCUT2D eigenvalue weighted by Crippen LogP contribution is 2.33. The fraction of sp³-hybridized carbons (Fsp3) is 0.600. The maximum atomic E-state index is 13.8. The van der Waals surface area contributed by atoms with E-state index in [9.17, 15) is 17.6 Å². The minimum absolute atomic E-state index is 0.0994. The molecule has 0 saturated heterocycles. The number of hydrogen-bond acceptors (Lipinski definition) is 1. The molecule has 1 N–H and O–H groups in total. The largest absolute Gasteiger partial charge is 0.416 e. The lowest BCUT2D eigenvalue weighted by Gasteiger charge is -2.21. The van der Waals surface area contributed by atoms with Crippen molar-refractivity contribution in [1.82, 2.24) is 5.32 Å². The fourth-order valence-electron chi connectivity index (χ4n) is 2.10. The first kappa shape index (κ1) is 17.0. The Balaban J connectivity index is 3.05. The smallest absolute Gasteiger partial charge is 0.310 e. The molecule has 1 nitrogen and oxygen atoms in total. The molecular formula is C15H21F4N. The van der Waals surface area contributed by atoms with Crippen LogP contribution in [0.1, 0.15) is 50.8 Å². The summed E-state index contributed by atoms with van der Waals surface area (Å²) in [5, 5.41) is 3.07. The van der Waals surface area contributed by atoms with E-state index in [-0.39, 0.29) is 11.6 Å². The molecule has 0 fully saturated rings. The van der Waals surface area contributed by atoms with E-state index >= 15 is 0 Å². The Morgan fingerprint density at radius 2 is 1.80 bits per heavy atom. The lowest BCUT2D eigenvalue weighted by molar-refractivity contribution is -0.137. The third-order valence-corrected chi connectivity index (χ3v) is 3.18. The molecule has 0 spiro atoms. The van der Waals surface area contributed by atoms with Crippen LogP contribution < -0.4 is 5.32 Å². The second kappa shape index (κ2) is 7.07. The molecule has 0 aromatic heterocycles. The zero-order chi connectivity index (χ0) is 15.3. The zero-order valence-electron chi connectivity index (χ0n) is 12.0. The van der Waals surface area contributed by atoms with E-state index in [0.717, 1.165) is 24.6 Å². The maximum absolute atomic E-state index is 13.8. The van der Waals surface area contributed by atoms with Crippen molar-refractivity contribution in [3.8, 4) is 0 Å². The van der Waals surface area contributed by atoms with Gasteiger partial charge in [-0.1, -0.05) is 20.8 Å². The summed E-state index contributed by atoms with van der Waals surface area (Å²) in [5.41, 5.74) is -0.705. The monoisotopic (exact) mass is 291 g/mol. The van der Waals surface area contributed by atoms with Crippen LogP contribution in [0.3, 0.4) is 0 Å². The summed E-state index contributed by atoms with van der Waals surface area (Å²) in [7, 11) is 0. The molecule has 0 amide bonds. The minimum Gasteiger partial charge on any atom is -0.310 e. The van der Waals surface area contributed by atoms with Crippen molar-refractivity contribution in [1.29, 1.82) is 0 Å². The van der Waals surface area contributed by atoms with Crippen LogP contribution in [0.4, 0.5) is 17.6 Å². The Bertz CT molecular complexity index is 426. The average molecular weight is 291 g/mol. The van der Waals surface area contributed by atoms with Gasteiger partial charge in [0.05, 0.1) is 5.56 Å². The van der Waals surface area contributed by atoms with Crippen molar-refractivity contribution >= 4 is 0 Å². The number of alkyl halides is 3. The van der Waals surface area contributed by atoms with Crippen LogP contribution in [0, 0.1) is 11.7 Å². The Morgan fingerprint density at radius 1 is 1.15 bits per heavy atom. The van der Waals surface area contributed by atoms with Gasteiger partial charge < -0.3 is 5.32 Å². The van der Waals surface area contributed by atoms with Crippen LogP contribution in [0.5, 0.6) is 0 Å². The lowest BCUT2D eigenvalue weighted by Crippen LogP contribution is -2.23. The molecule has 1 atom stereocenters. The van der Waals surface area contributed by atoms with Crippen molar-refractivity contribution < 1.29 is 17.6 Å². The molecule has 0 aliphatic heterocycles. The summed E-state index contributed by atoms with van der Waals surface area (Å²) < 4.78 is 52.0. The lowest BCUT2D eigenvalue weighted by atomic mass is 9.95. The van der Waals surface area contributed by atoms with Crippen molar-refractivity contribution in [2.75, 3.05) is 6.54 Å². The van der Waals surface area contributed by atoms with E-state index in [0.29, 0.717) is 18.9 Å². The van der Waals surface area contributed by atoms with Crippen molar-refractivity contribution in [3.05, 3.63) is 35.1 Å². The van der Waals surface area contributed by atoms with Gasteiger partial charge in [-0.15, -0.1) is 0 Å². The van der Waals surface area contributed by atoms with E-state index < -0.39 is 17.6 Å². The fourth-order valence-corrected chi connectivity index (χ4v) is 2.10. The van der Waals surface area contributed by atoms with Crippen LogP contribution in [-0.2, 0) is 6.18 Å². The maximum Gasteiger partial charge on any atom is 0.416 e. The first-order chi connectivity index (χ1) is 9.25. The second-order valence-electron chi connectivity index (χ2n) is 5.32. The zero-order valence-corrected chi connectivity index (χ0v) is 12.0. The molecular weight excluding hydrogens is 270 g/mol. The topological polar surface area (TPSA) is 12.0 Å². The third-order valence-electron chi connectivity index (χ3n) is 3.18. The van der Waals surface area contributed by atoms with E-state index in [1.54, 1.807) is 0 Å². The van der Waals surface area contributed by atoms with Gasteiger partial charge in [-0.2, -0.15) is 13.2 Å².